The van der Waals surface area contributed by atoms with E-state index in [0.29, 0.717) is 0 Å². The van der Waals surface area contributed by atoms with Crippen LogP contribution in [0, 0.1) is 13.8 Å². The van der Waals surface area contributed by atoms with Crippen molar-refractivity contribution < 1.29 is 9.53 Å². The quantitative estimate of drug-likeness (QED) is 0.696. The number of amides is 2. The lowest BCUT2D eigenvalue weighted by molar-refractivity contribution is 0.220. The average molecular weight is 423 g/mol. The van der Waals surface area contributed by atoms with Crippen molar-refractivity contribution in [3.05, 3.63) is 47.5 Å². The van der Waals surface area contributed by atoms with Gasteiger partial charge in [-0.3, -0.25) is 4.90 Å². The number of urea groups is 1. The van der Waals surface area contributed by atoms with E-state index in [1.807, 2.05) is 9.80 Å². The van der Waals surface area contributed by atoms with Gasteiger partial charge in [0.25, 0.3) is 0 Å². The van der Waals surface area contributed by atoms with E-state index in [4.69, 9.17) is 4.74 Å². The number of ether oxygens (including phenoxy) is 1. The Bertz CT molecular complexity index is 897. The first-order valence-electron chi connectivity index (χ1n) is 11.3. The molecule has 0 atom stereocenters. The van der Waals surface area contributed by atoms with E-state index in [-0.39, 0.29) is 6.03 Å². The highest BCUT2D eigenvalue weighted by atomic mass is 16.5. The van der Waals surface area contributed by atoms with Crippen molar-refractivity contribution in [3.63, 3.8) is 0 Å². The lowest BCUT2D eigenvalue weighted by Crippen LogP contribution is -2.46. The lowest BCUT2D eigenvalue weighted by atomic mass is 10.1. The van der Waals surface area contributed by atoms with Crippen LogP contribution in [0.1, 0.15) is 24.5 Å². The van der Waals surface area contributed by atoms with Crippen molar-refractivity contribution >= 4 is 23.1 Å². The van der Waals surface area contributed by atoms with E-state index < -0.39 is 0 Å². The fourth-order valence-electron chi connectivity index (χ4n) is 4.80. The number of carbonyl (C=O) groups is 1. The Balaban J connectivity index is 1.38. The summed E-state index contributed by atoms with van der Waals surface area (Å²) in [6.45, 7) is 12.7. The summed E-state index contributed by atoms with van der Waals surface area (Å²) in [6.07, 6.45) is 1.00. The Hall–Kier alpha value is -2.89. The molecule has 0 unspecified atom stereocenters. The smallest absolute Gasteiger partial charge is 0.324 e. The molecule has 2 heterocycles. The third kappa shape index (κ3) is 4.29. The minimum atomic E-state index is 0.133. The van der Waals surface area contributed by atoms with Crippen molar-refractivity contribution in [1.82, 2.24) is 4.90 Å². The molecular weight excluding hydrogens is 388 g/mol. The van der Waals surface area contributed by atoms with E-state index in [0.717, 1.165) is 63.7 Å². The van der Waals surface area contributed by atoms with Gasteiger partial charge in [0.05, 0.1) is 7.11 Å². The van der Waals surface area contributed by atoms with Crippen LogP contribution in [-0.2, 0) is 0 Å². The van der Waals surface area contributed by atoms with E-state index in [1.54, 1.807) is 7.11 Å². The number of anilines is 3. The Morgan fingerprint density at radius 1 is 0.806 bits per heavy atom. The maximum atomic E-state index is 12.6. The molecule has 0 bridgehead atoms. The highest BCUT2D eigenvalue weighted by molar-refractivity contribution is 5.94. The molecule has 6 heteroatoms. The molecule has 0 radical (unpaired) electrons. The van der Waals surface area contributed by atoms with Crippen molar-refractivity contribution in [2.45, 2.75) is 27.2 Å². The summed E-state index contributed by atoms with van der Waals surface area (Å²) in [4.78, 5) is 21.3. The summed E-state index contributed by atoms with van der Waals surface area (Å²) in [6, 6.07) is 13.1. The number of nitrogens with zero attached hydrogens (tertiary/aromatic N) is 4. The van der Waals surface area contributed by atoms with Crippen LogP contribution in [-0.4, -0.2) is 63.9 Å². The number of rotatable bonds is 6. The first-order chi connectivity index (χ1) is 15.0. The topological polar surface area (TPSA) is 39.3 Å². The van der Waals surface area contributed by atoms with Crippen LogP contribution in [0.3, 0.4) is 0 Å². The SMILES string of the molecule is CCCN1CCN(c2ccc(N3CCN(c4cc(C)c(OC)c(C)c4)CC3)cc2)C1=O. The predicted molar refractivity (Wildman–Crippen MR) is 128 cm³/mol. The van der Waals surface area contributed by atoms with Gasteiger partial charge in [-0.2, -0.15) is 0 Å². The zero-order valence-corrected chi connectivity index (χ0v) is 19.2. The lowest BCUT2D eigenvalue weighted by Gasteiger charge is -2.38. The molecule has 2 saturated heterocycles. The molecule has 6 nitrogen and oxygen atoms in total. The zero-order valence-electron chi connectivity index (χ0n) is 19.2. The van der Waals surface area contributed by atoms with Crippen LogP contribution < -0.4 is 19.4 Å². The molecule has 2 aromatic rings. The van der Waals surface area contributed by atoms with Gasteiger partial charge in [0.2, 0.25) is 0 Å². The maximum absolute atomic E-state index is 12.6. The Labute approximate surface area is 186 Å². The summed E-state index contributed by atoms with van der Waals surface area (Å²) in [7, 11) is 1.74. The minimum Gasteiger partial charge on any atom is -0.496 e. The van der Waals surface area contributed by atoms with Gasteiger partial charge in [0.15, 0.2) is 0 Å². The van der Waals surface area contributed by atoms with Crippen molar-refractivity contribution in [3.8, 4) is 5.75 Å². The molecule has 31 heavy (non-hydrogen) atoms. The summed E-state index contributed by atoms with van der Waals surface area (Å²) in [5.74, 6) is 0.983. The third-order valence-electron chi connectivity index (χ3n) is 6.41. The molecule has 2 aliphatic rings. The van der Waals surface area contributed by atoms with E-state index in [2.05, 4.69) is 67.0 Å². The molecule has 0 aliphatic carbocycles. The van der Waals surface area contributed by atoms with Crippen molar-refractivity contribution in [2.75, 3.05) is 67.6 Å². The van der Waals surface area contributed by atoms with Crippen LogP contribution in [0.2, 0.25) is 0 Å². The highest BCUT2D eigenvalue weighted by Crippen LogP contribution is 2.30. The Kier molecular flexibility index (Phi) is 6.25. The van der Waals surface area contributed by atoms with Crippen LogP contribution in [0.4, 0.5) is 21.9 Å². The van der Waals surface area contributed by atoms with Gasteiger partial charge >= 0.3 is 6.03 Å². The molecule has 0 N–H and O–H groups in total. The van der Waals surface area contributed by atoms with Crippen molar-refractivity contribution in [2.24, 2.45) is 0 Å². The molecule has 4 rings (SSSR count). The molecule has 0 spiro atoms. The van der Waals surface area contributed by atoms with Gasteiger partial charge in [-0.05, 0) is 67.8 Å². The number of piperazine rings is 1. The predicted octanol–water partition coefficient (Wildman–Crippen LogP) is 4.29. The second-order valence-corrected chi connectivity index (χ2v) is 8.52. The minimum absolute atomic E-state index is 0.133. The van der Waals surface area contributed by atoms with Crippen LogP contribution >= 0.6 is 0 Å². The van der Waals surface area contributed by atoms with E-state index in [1.165, 1.54) is 22.5 Å². The normalized spacial score (nSPS) is 17.0. The summed E-state index contributed by atoms with van der Waals surface area (Å²) in [5, 5.41) is 0. The molecule has 166 valence electrons. The summed E-state index contributed by atoms with van der Waals surface area (Å²) < 4.78 is 5.51. The Morgan fingerprint density at radius 2 is 1.35 bits per heavy atom. The fourth-order valence-corrected chi connectivity index (χ4v) is 4.80. The zero-order chi connectivity index (χ0) is 22.0. The standard InChI is InChI=1S/C25H34N4O2/c1-5-10-28-15-16-29(25(28)30)22-8-6-21(7-9-22)26-11-13-27(14-12-26)23-17-19(2)24(31-4)20(3)18-23/h6-9,17-18H,5,10-16H2,1-4H3. The Morgan fingerprint density at radius 3 is 1.90 bits per heavy atom. The van der Waals surface area contributed by atoms with Gasteiger partial charge in [0, 0.05) is 62.9 Å². The van der Waals surface area contributed by atoms with Crippen molar-refractivity contribution in [1.29, 1.82) is 0 Å². The second-order valence-electron chi connectivity index (χ2n) is 8.52. The summed E-state index contributed by atoms with van der Waals surface area (Å²) in [5.41, 5.74) is 5.86. The van der Waals surface area contributed by atoms with Crippen LogP contribution in [0.25, 0.3) is 0 Å². The van der Waals surface area contributed by atoms with E-state index in [9.17, 15) is 4.79 Å². The van der Waals surface area contributed by atoms with Gasteiger partial charge in [-0.1, -0.05) is 6.92 Å². The molecular formula is C25H34N4O2. The maximum Gasteiger partial charge on any atom is 0.324 e. The summed E-state index contributed by atoms with van der Waals surface area (Å²) >= 11 is 0. The average Bonchev–Trinajstić information content (AvgIpc) is 3.14. The molecule has 2 aliphatic heterocycles. The molecule has 0 aromatic heterocycles. The third-order valence-corrected chi connectivity index (χ3v) is 6.41. The molecule has 0 saturated carbocycles. The van der Waals surface area contributed by atoms with Gasteiger partial charge in [-0.15, -0.1) is 0 Å². The van der Waals surface area contributed by atoms with Gasteiger partial charge in [-0.25, -0.2) is 4.79 Å². The van der Waals surface area contributed by atoms with Crippen LogP contribution in [0.5, 0.6) is 5.75 Å². The number of carbonyl (C=O) groups excluding carboxylic acids is 1. The van der Waals surface area contributed by atoms with Crippen LogP contribution in [0.15, 0.2) is 36.4 Å². The highest BCUT2D eigenvalue weighted by Gasteiger charge is 2.29. The number of methoxy groups -OCH3 is 1. The molecule has 2 aromatic carbocycles. The first kappa shape index (κ1) is 21.3. The molecule has 2 amide bonds. The second kappa shape index (κ2) is 9.08. The molecule has 2 fully saturated rings. The number of benzene rings is 2. The monoisotopic (exact) mass is 422 g/mol. The number of hydrogen-bond acceptors (Lipinski definition) is 4. The largest absolute Gasteiger partial charge is 0.496 e. The van der Waals surface area contributed by atoms with Gasteiger partial charge < -0.3 is 19.4 Å². The van der Waals surface area contributed by atoms with E-state index >= 15 is 0 Å². The van der Waals surface area contributed by atoms with Gasteiger partial charge in [0.1, 0.15) is 5.75 Å². The number of aryl methyl sites for hydroxylation is 2. The fraction of sp³-hybridized carbons (Fsp3) is 0.480. The number of hydrogen-bond donors (Lipinski definition) is 0. The first-order valence-corrected chi connectivity index (χ1v) is 11.3.